The smallest absolute Gasteiger partial charge is 0.119 e. The van der Waals surface area contributed by atoms with Gasteiger partial charge in [-0.2, -0.15) is 0 Å². The summed E-state index contributed by atoms with van der Waals surface area (Å²) in [4.78, 5) is 4.81. The zero-order valence-electron chi connectivity index (χ0n) is 12.9. The average Bonchev–Trinajstić information content (AvgIpc) is 2.50. The van der Waals surface area contributed by atoms with Crippen LogP contribution in [0.4, 0.5) is 0 Å². The summed E-state index contributed by atoms with van der Waals surface area (Å²) in [5.74, 6) is 0.892. The van der Waals surface area contributed by atoms with Crippen LogP contribution in [0.25, 0.3) is 0 Å². The van der Waals surface area contributed by atoms with Crippen LogP contribution < -0.4 is 4.74 Å². The lowest BCUT2D eigenvalue weighted by Crippen LogP contribution is -2.45. The van der Waals surface area contributed by atoms with Crippen molar-refractivity contribution in [1.82, 2.24) is 9.80 Å². The van der Waals surface area contributed by atoms with Crippen LogP contribution in [0.5, 0.6) is 5.75 Å². The normalized spacial score (nSPS) is 23.8. The Morgan fingerprint density at radius 1 is 1.24 bits per heavy atom. The van der Waals surface area contributed by atoms with E-state index in [2.05, 4.69) is 22.9 Å². The second-order valence-corrected chi connectivity index (χ2v) is 6.26. The molecule has 1 saturated heterocycles. The highest BCUT2D eigenvalue weighted by Gasteiger charge is 2.18. The van der Waals surface area contributed by atoms with Gasteiger partial charge in [0.25, 0.3) is 0 Å². The number of rotatable bonds is 4. The van der Waals surface area contributed by atoms with Crippen LogP contribution in [0.2, 0.25) is 0 Å². The van der Waals surface area contributed by atoms with Crippen molar-refractivity contribution in [3.8, 4) is 5.75 Å². The van der Waals surface area contributed by atoms with Gasteiger partial charge >= 0.3 is 0 Å². The molecule has 0 saturated carbocycles. The number of benzene rings is 1. The van der Waals surface area contributed by atoms with Crippen molar-refractivity contribution in [2.24, 2.45) is 0 Å². The molecule has 1 aliphatic heterocycles. The molecular formula is C17H26N2O2. The average molecular weight is 290 g/mol. The monoisotopic (exact) mass is 290 g/mol. The van der Waals surface area contributed by atoms with E-state index in [1.54, 1.807) is 0 Å². The van der Waals surface area contributed by atoms with Crippen LogP contribution >= 0.6 is 0 Å². The number of aliphatic hydroxyl groups excluding tert-OH is 1. The van der Waals surface area contributed by atoms with E-state index in [-0.39, 0.29) is 6.10 Å². The van der Waals surface area contributed by atoms with E-state index in [1.165, 1.54) is 5.56 Å². The molecule has 0 aromatic heterocycles. The molecule has 0 radical (unpaired) electrons. The zero-order valence-corrected chi connectivity index (χ0v) is 12.9. The minimum Gasteiger partial charge on any atom is -0.492 e. The molecule has 0 spiro atoms. The van der Waals surface area contributed by atoms with E-state index in [9.17, 15) is 5.11 Å². The summed E-state index contributed by atoms with van der Waals surface area (Å²) in [6, 6.07) is 6.19. The number of nitrogens with zero attached hydrogens (tertiary/aromatic N) is 2. The molecule has 3 rings (SSSR count). The van der Waals surface area contributed by atoms with Crippen molar-refractivity contribution in [2.75, 3.05) is 46.4 Å². The Morgan fingerprint density at radius 3 is 2.86 bits per heavy atom. The predicted molar refractivity (Wildman–Crippen MR) is 83.8 cm³/mol. The Hall–Kier alpha value is -1.10. The number of hydrogen-bond acceptors (Lipinski definition) is 4. The highest BCUT2D eigenvalue weighted by atomic mass is 16.5. The molecule has 1 aromatic carbocycles. The third-order valence-electron chi connectivity index (χ3n) is 4.67. The van der Waals surface area contributed by atoms with Crippen molar-refractivity contribution in [2.45, 2.75) is 25.4 Å². The molecule has 2 aliphatic rings. The molecule has 1 aromatic rings. The molecule has 1 heterocycles. The molecule has 0 bridgehead atoms. The van der Waals surface area contributed by atoms with E-state index < -0.39 is 0 Å². The first-order chi connectivity index (χ1) is 10.2. The summed E-state index contributed by atoms with van der Waals surface area (Å²) in [6.07, 6.45) is 2.72. The van der Waals surface area contributed by atoms with E-state index in [0.717, 1.165) is 69.9 Å². The lowest BCUT2D eigenvalue weighted by atomic mass is 9.89. The topological polar surface area (TPSA) is 35.9 Å². The van der Waals surface area contributed by atoms with Gasteiger partial charge in [0.15, 0.2) is 0 Å². The number of piperazine rings is 1. The first-order valence-electron chi connectivity index (χ1n) is 8.07. The van der Waals surface area contributed by atoms with Crippen molar-refractivity contribution in [3.63, 3.8) is 0 Å². The number of aryl methyl sites for hydroxylation is 1. The maximum atomic E-state index is 10.1. The molecule has 1 N–H and O–H groups in total. The maximum absolute atomic E-state index is 10.1. The molecule has 0 amide bonds. The van der Waals surface area contributed by atoms with E-state index in [0.29, 0.717) is 0 Å². The SMILES string of the molecule is CN1CCN(CCOc2ccc3c(c2)[C@H](O)CCC3)CC1. The summed E-state index contributed by atoms with van der Waals surface area (Å²) in [6.45, 7) is 6.24. The Balaban J connectivity index is 1.50. The number of aliphatic hydroxyl groups is 1. The van der Waals surface area contributed by atoms with Crippen LogP contribution in [0.1, 0.15) is 30.1 Å². The fraction of sp³-hybridized carbons (Fsp3) is 0.647. The van der Waals surface area contributed by atoms with Gasteiger partial charge in [0.05, 0.1) is 6.10 Å². The Labute approximate surface area is 127 Å². The Morgan fingerprint density at radius 2 is 2.05 bits per heavy atom. The van der Waals surface area contributed by atoms with Crippen molar-refractivity contribution in [3.05, 3.63) is 29.3 Å². The van der Waals surface area contributed by atoms with Crippen molar-refractivity contribution < 1.29 is 9.84 Å². The van der Waals surface area contributed by atoms with Gasteiger partial charge < -0.3 is 14.7 Å². The molecule has 21 heavy (non-hydrogen) atoms. The zero-order chi connectivity index (χ0) is 14.7. The van der Waals surface area contributed by atoms with Crippen LogP contribution in [-0.2, 0) is 6.42 Å². The first kappa shape index (κ1) is 14.8. The third-order valence-corrected chi connectivity index (χ3v) is 4.67. The quantitative estimate of drug-likeness (QED) is 0.915. The number of ether oxygens (including phenoxy) is 1. The molecule has 1 atom stereocenters. The molecule has 4 heteroatoms. The maximum Gasteiger partial charge on any atom is 0.119 e. The van der Waals surface area contributed by atoms with E-state index >= 15 is 0 Å². The van der Waals surface area contributed by atoms with Crippen molar-refractivity contribution >= 4 is 0 Å². The van der Waals surface area contributed by atoms with Crippen LogP contribution in [0, 0.1) is 0 Å². The van der Waals surface area contributed by atoms with E-state index in [4.69, 9.17) is 4.74 Å². The van der Waals surface area contributed by atoms with Crippen LogP contribution in [0.3, 0.4) is 0 Å². The minimum absolute atomic E-state index is 0.310. The van der Waals surface area contributed by atoms with Crippen molar-refractivity contribution in [1.29, 1.82) is 0 Å². The largest absolute Gasteiger partial charge is 0.492 e. The van der Waals surface area contributed by atoms with Gasteiger partial charge in [-0.15, -0.1) is 0 Å². The van der Waals surface area contributed by atoms with Gasteiger partial charge in [-0.25, -0.2) is 0 Å². The fourth-order valence-corrected chi connectivity index (χ4v) is 3.21. The van der Waals surface area contributed by atoms with Crippen LogP contribution in [0.15, 0.2) is 18.2 Å². The second kappa shape index (κ2) is 6.77. The third kappa shape index (κ3) is 3.76. The summed E-state index contributed by atoms with van der Waals surface area (Å²) >= 11 is 0. The van der Waals surface area contributed by atoms with Gasteiger partial charge in [0.2, 0.25) is 0 Å². The molecule has 116 valence electrons. The second-order valence-electron chi connectivity index (χ2n) is 6.26. The number of fused-ring (bicyclic) bond motifs is 1. The lowest BCUT2D eigenvalue weighted by Gasteiger charge is -2.32. The molecule has 4 nitrogen and oxygen atoms in total. The highest BCUT2D eigenvalue weighted by Crippen LogP contribution is 2.32. The highest BCUT2D eigenvalue weighted by molar-refractivity contribution is 5.38. The summed E-state index contributed by atoms with van der Waals surface area (Å²) in [5, 5.41) is 10.1. The van der Waals surface area contributed by atoms with Gasteiger partial charge in [-0.05, 0) is 49.6 Å². The summed E-state index contributed by atoms with van der Waals surface area (Å²) in [5.41, 5.74) is 2.35. The fourth-order valence-electron chi connectivity index (χ4n) is 3.21. The van der Waals surface area contributed by atoms with Crippen LogP contribution in [-0.4, -0.2) is 61.3 Å². The van der Waals surface area contributed by atoms with Gasteiger partial charge in [-0.1, -0.05) is 6.07 Å². The van der Waals surface area contributed by atoms with Gasteiger partial charge in [-0.3, -0.25) is 4.90 Å². The molecule has 1 aliphatic carbocycles. The predicted octanol–water partition coefficient (Wildman–Crippen LogP) is 1.68. The van der Waals surface area contributed by atoms with Gasteiger partial charge in [0.1, 0.15) is 12.4 Å². The number of hydrogen-bond donors (Lipinski definition) is 1. The van der Waals surface area contributed by atoms with E-state index in [1.807, 2.05) is 12.1 Å². The van der Waals surface area contributed by atoms with Gasteiger partial charge in [0, 0.05) is 32.7 Å². The summed E-state index contributed by atoms with van der Waals surface area (Å²) < 4.78 is 5.88. The molecule has 0 unspecified atom stereocenters. The minimum atomic E-state index is -0.310. The summed E-state index contributed by atoms with van der Waals surface area (Å²) in [7, 11) is 2.17. The first-order valence-corrected chi connectivity index (χ1v) is 8.07. The number of likely N-dealkylation sites (N-methyl/N-ethyl adjacent to an activating group) is 1. The molecule has 1 fully saturated rings. The Bertz CT molecular complexity index is 470. The molecular weight excluding hydrogens is 264 g/mol. The Kier molecular flexibility index (Phi) is 4.78. The standard InChI is InChI=1S/C17H26N2O2/c1-18-7-9-19(10-8-18)11-12-21-15-6-5-14-3-2-4-17(20)16(14)13-15/h5-6,13,17,20H,2-4,7-12H2,1H3/t17-/m1/s1. The lowest BCUT2D eigenvalue weighted by molar-refractivity contribution is 0.133.